The molecule has 0 bridgehead atoms. The number of nitrogens with one attached hydrogen (secondary N) is 1. The Hall–Kier alpha value is -2.85. The Balaban J connectivity index is 1.66. The van der Waals surface area contributed by atoms with Crippen LogP contribution in [-0.2, 0) is 16.2 Å². The van der Waals surface area contributed by atoms with Gasteiger partial charge in [0.1, 0.15) is 12.2 Å². The number of carbonyl (C=O) groups is 3. The van der Waals surface area contributed by atoms with Crippen molar-refractivity contribution in [1.82, 2.24) is 5.32 Å². The lowest BCUT2D eigenvalue weighted by atomic mass is 10.1. The van der Waals surface area contributed by atoms with Gasteiger partial charge in [-0.15, -0.1) is 0 Å². The third-order valence-electron chi connectivity index (χ3n) is 5.20. The number of carbonyl (C=O) groups excluding carboxylic acids is 3. The van der Waals surface area contributed by atoms with Crippen molar-refractivity contribution in [3.63, 3.8) is 0 Å². The van der Waals surface area contributed by atoms with Gasteiger partial charge in [-0.3, -0.25) is 14.9 Å². The number of halogens is 4. The predicted octanol–water partition coefficient (Wildman–Crippen LogP) is 7.16. The third kappa shape index (κ3) is 6.18. The molecule has 11 heteroatoms. The van der Waals surface area contributed by atoms with E-state index in [0.717, 1.165) is 10.5 Å². The molecule has 3 aromatic rings. The van der Waals surface area contributed by atoms with Crippen LogP contribution in [-0.4, -0.2) is 24.5 Å². The van der Waals surface area contributed by atoms with E-state index in [9.17, 15) is 14.4 Å². The van der Waals surface area contributed by atoms with Crippen molar-refractivity contribution < 1.29 is 23.9 Å². The van der Waals surface area contributed by atoms with Gasteiger partial charge in [-0.05, 0) is 77.0 Å². The van der Waals surface area contributed by atoms with Gasteiger partial charge in [-0.1, -0.05) is 51.3 Å². The van der Waals surface area contributed by atoms with E-state index in [0.29, 0.717) is 48.3 Å². The minimum absolute atomic E-state index is 0.152. The van der Waals surface area contributed by atoms with E-state index in [2.05, 4.69) is 37.2 Å². The largest absolute Gasteiger partial charge is 0.490 e. The van der Waals surface area contributed by atoms with Crippen LogP contribution in [0.3, 0.4) is 0 Å². The van der Waals surface area contributed by atoms with Crippen molar-refractivity contribution in [3.05, 3.63) is 90.3 Å². The summed E-state index contributed by atoms with van der Waals surface area (Å²) in [5.41, 5.74) is 1.31. The fraction of sp³-hybridized carbons (Fsp3) is 0.115. The Labute approximate surface area is 239 Å². The van der Waals surface area contributed by atoms with Crippen LogP contribution >= 0.6 is 55.1 Å². The van der Waals surface area contributed by atoms with Crippen LogP contribution in [0.25, 0.3) is 6.08 Å². The quantitative estimate of drug-likeness (QED) is 0.213. The minimum atomic E-state index is -0.828. The molecular weight excluding hydrogens is 651 g/mol. The smallest absolute Gasteiger partial charge is 0.335 e. The summed E-state index contributed by atoms with van der Waals surface area (Å²) in [5, 5.41) is 3.20. The zero-order valence-electron chi connectivity index (χ0n) is 19.2. The molecule has 0 aromatic heterocycles. The first-order chi connectivity index (χ1) is 17.7. The van der Waals surface area contributed by atoms with Gasteiger partial charge < -0.3 is 9.47 Å². The molecule has 3 aromatic carbocycles. The summed E-state index contributed by atoms with van der Waals surface area (Å²) in [4.78, 5) is 39.2. The van der Waals surface area contributed by atoms with Crippen LogP contribution in [0.5, 0.6) is 11.5 Å². The van der Waals surface area contributed by atoms with Crippen LogP contribution in [0.2, 0.25) is 10.0 Å². The van der Waals surface area contributed by atoms with E-state index in [1.54, 1.807) is 54.6 Å². The molecule has 1 heterocycles. The molecule has 4 rings (SSSR count). The second-order valence-corrected chi connectivity index (χ2v) is 10.3. The van der Waals surface area contributed by atoms with E-state index in [1.807, 2.05) is 6.92 Å². The van der Waals surface area contributed by atoms with Gasteiger partial charge in [0.15, 0.2) is 11.5 Å². The first-order valence-electron chi connectivity index (χ1n) is 10.9. The third-order valence-corrected chi connectivity index (χ3v) is 6.87. The number of benzene rings is 3. The maximum Gasteiger partial charge on any atom is 0.335 e. The monoisotopic (exact) mass is 666 g/mol. The van der Waals surface area contributed by atoms with E-state index < -0.39 is 17.8 Å². The molecule has 1 aliphatic heterocycles. The average molecular weight is 669 g/mol. The number of urea groups is 1. The highest BCUT2D eigenvalue weighted by Gasteiger charge is 2.37. The molecule has 0 saturated carbocycles. The van der Waals surface area contributed by atoms with Crippen molar-refractivity contribution in [2.75, 3.05) is 11.5 Å². The fourth-order valence-corrected chi connectivity index (χ4v) is 4.96. The summed E-state index contributed by atoms with van der Waals surface area (Å²) in [6.45, 7) is 2.31. The molecule has 7 nitrogen and oxygen atoms in total. The minimum Gasteiger partial charge on any atom is -0.490 e. The maximum absolute atomic E-state index is 13.2. The number of ether oxygens (including phenoxy) is 2. The number of anilines is 1. The van der Waals surface area contributed by atoms with E-state index in [-0.39, 0.29) is 12.2 Å². The average Bonchev–Trinajstić information content (AvgIpc) is 2.82. The fourth-order valence-electron chi connectivity index (χ4n) is 3.54. The summed E-state index contributed by atoms with van der Waals surface area (Å²) in [5.74, 6) is -0.746. The van der Waals surface area contributed by atoms with Crippen LogP contribution in [0.15, 0.2) is 69.1 Å². The van der Waals surface area contributed by atoms with Gasteiger partial charge in [-0.2, -0.15) is 0 Å². The van der Waals surface area contributed by atoms with Gasteiger partial charge >= 0.3 is 6.03 Å². The van der Waals surface area contributed by atoms with Crippen LogP contribution < -0.4 is 19.7 Å². The molecule has 1 N–H and O–H groups in total. The number of rotatable bonds is 7. The highest BCUT2D eigenvalue weighted by Crippen LogP contribution is 2.39. The lowest BCUT2D eigenvalue weighted by Crippen LogP contribution is -2.54. The molecule has 0 aliphatic carbocycles. The molecule has 190 valence electrons. The zero-order chi connectivity index (χ0) is 26.7. The van der Waals surface area contributed by atoms with Crippen LogP contribution in [0.4, 0.5) is 10.5 Å². The standard InChI is InChI=1S/C26H18Br2Cl2N2O5/c1-2-36-22-10-14(9-20(28)23(22)37-13-15-6-7-17(29)12-21(15)30)8-19-24(33)31-26(35)32(25(19)34)18-5-3-4-16(27)11-18/h3-12H,2,13H2,1H3,(H,31,33,35)/b19-8-. The second-order valence-electron chi connectivity index (χ2n) is 7.73. The predicted molar refractivity (Wildman–Crippen MR) is 149 cm³/mol. The Kier molecular flexibility index (Phi) is 8.59. The molecular formula is C26H18Br2Cl2N2O5. The number of nitrogens with zero attached hydrogens (tertiary/aromatic N) is 1. The lowest BCUT2D eigenvalue weighted by Gasteiger charge is -2.26. The Morgan fingerprint density at radius 2 is 1.78 bits per heavy atom. The highest BCUT2D eigenvalue weighted by molar-refractivity contribution is 9.10. The molecule has 0 radical (unpaired) electrons. The molecule has 0 atom stereocenters. The number of hydrogen-bond donors (Lipinski definition) is 1. The molecule has 0 unspecified atom stereocenters. The van der Waals surface area contributed by atoms with Crippen molar-refractivity contribution in [1.29, 1.82) is 0 Å². The number of imide groups is 2. The number of barbiturate groups is 1. The van der Waals surface area contributed by atoms with Gasteiger partial charge in [0, 0.05) is 20.1 Å². The highest BCUT2D eigenvalue weighted by atomic mass is 79.9. The van der Waals surface area contributed by atoms with Crippen molar-refractivity contribution >= 4 is 84.7 Å². The van der Waals surface area contributed by atoms with Gasteiger partial charge in [0.05, 0.1) is 16.8 Å². The normalized spacial score (nSPS) is 14.7. The summed E-state index contributed by atoms with van der Waals surface area (Å²) in [6, 6.07) is 14.2. The first kappa shape index (κ1) is 27.2. The Bertz CT molecular complexity index is 1440. The van der Waals surface area contributed by atoms with Crippen molar-refractivity contribution in [3.8, 4) is 11.5 Å². The summed E-state index contributed by atoms with van der Waals surface area (Å²) in [7, 11) is 0. The first-order valence-corrected chi connectivity index (χ1v) is 13.2. The maximum atomic E-state index is 13.2. The van der Waals surface area contributed by atoms with E-state index >= 15 is 0 Å². The molecule has 1 fully saturated rings. The molecule has 1 aliphatic rings. The van der Waals surface area contributed by atoms with E-state index in [4.69, 9.17) is 32.7 Å². The molecule has 0 spiro atoms. The summed E-state index contributed by atoms with van der Waals surface area (Å²) >= 11 is 19.0. The second kappa shape index (κ2) is 11.7. The lowest BCUT2D eigenvalue weighted by molar-refractivity contribution is -0.122. The van der Waals surface area contributed by atoms with Crippen molar-refractivity contribution in [2.45, 2.75) is 13.5 Å². The Morgan fingerprint density at radius 3 is 2.49 bits per heavy atom. The van der Waals surface area contributed by atoms with Crippen molar-refractivity contribution in [2.24, 2.45) is 0 Å². The van der Waals surface area contributed by atoms with E-state index in [1.165, 1.54) is 6.08 Å². The Morgan fingerprint density at radius 1 is 1.00 bits per heavy atom. The topological polar surface area (TPSA) is 84.9 Å². The molecule has 37 heavy (non-hydrogen) atoms. The number of hydrogen-bond acceptors (Lipinski definition) is 5. The number of amides is 4. The summed E-state index contributed by atoms with van der Waals surface area (Å²) in [6.07, 6.45) is 1.39. The summed E-state index contributed by atoms with van der Waals surface area (Å²) < 4.78 is 13.0. The van der Waals surface area contributed by atoms with Gasteiger partial charge in [-0.25, -0.2) is 9.69 Å². The van der Waals surface area contributed by atoms with Gasteiger partial charge in [0.25, 0.3) is 11.8 Å². The van der Waals surface area contributed by atoms with Crippen LogP contribution in [0.1, 0.15) is 18.1 Å². The molecule has 1 saturated heterocycles. The van der Waals surface area contributed by atoms with Gasteiger partial charge in [0.2, 0.25) is 0 Å². The zero-order valence-corrected chi connectivity index (χ0v) is 23.9. The van der Waals surface area contributed by atoms with Crippen LogP contribution in [0, 0.1) is 0 Å². The molecule has 4 amide bonds. The SMILES string of the molecule is CCOc1cc(/C=C2/C(=O)NC(=O)N(c3cccc(Br)c3)C2=O)cc(Br)c1OCc1ccc(Cl)cc1Cl.